The highest BCUT2D eigenvalue weighted by Gasteiger charge is 2.17. The van der Waals surface area contributed by atoms with Gasteiger partial charge in [-0.15, -0.1) is 0 Å². The molecule has 0 bridgehead atoms. The first-order valence-corrected chi connectivity index (χ1v) is 15.0. The minimum Gasteiger partial charge on any atom is -0.396 e. The van der Waals surface area contributed by atoms with Crippen LogP contribution in [-0.2, 0) is 20.0 Å². The van der Waals surface area contributed by atoms with E-state index in [4.69, 9.17) is 5.73 Å². The normalized spacial score (nSPS) is 10.9. The summed E-state index contributed by atoms with van der Waals surface area (Å²) in [4.78, 5) is 10.4. The van der Waals surface area contributed by atoms with Gasteiger partial charge in [-0.1, -0.05) is 13.8 Å². The number of nitrogens with two attached hydrogens (primary N) is 1. The number of hydrogen-bond donors (Lipinski definition) is 3. The van der Waals surface area contributed by atoms with E-state index in [1.54, 1.807) is 13.8 Å². The zero-order valence-corrected chi connectivity index (χ0v) is 23.4. The van der Waals surface area contributed by atoms with E-state index in [0.717, 1.165) is 36.4 Å². The fourth-order valence-electron chi connectivity index (χ4n) is 2.80. The number of anilines is 3. The average Bonchev–Trinajstić information content (AvgIpc) is 2.86. The molecule has 0 saturated carbocycles. The maximum Gasteiger partial charge on any atom is 0.232 e. The summed E-state index contributed by atoms with van der Waals surface area (Å²) in [7, 11) is -7.21. The van der Waals surface area contributed by atoms with Crippen molar-refractivity contribution in [2.45, 2.75) is 26.7 Å². The first-order valence-electron chi connectivity index (χ1n) is 11.7. The molecule has 0 fully saturated rings. The van der Waals surface area contributed by atoms with Gasteiger partial charge in [-0.25, -0.2) is 43.2 Å². The number of nitrogens with one attached hydrogen (secondary N) is 2. The molecule has 0 unspecified atom stereocenters. The van der Waals surface area contributed by atoms with Crippen LogP contribution in [0.3, 0.4) is 0 Å². The monoisotopic (exact) mass is 627 g/mol. The lowest BCUT2D eigenvalue weighted by Crippen LogP contribution is -2.17. The number of aldehydes is 1. The van der Waals surface area contributed by atoms with Crippen molar-refractivity contribution in [2.75, 3.05) is 26.7 Å². The third-order valence-corrected chi connectivity index (χ3v) is 7.57. The van der Waals surface area contributed by atoms with E-state index in [0.29, 0.717) is 18.9 Å². The van der Waals surface area contributed by atoms with Crippen LogP contribution in [0.5, 0.6) is 0 Å². The summed E-state index contributed by atoms with van der Waals surface area (Å²) in [6.07, 6.45) is 0.791. The Hall–Kier alpha value is -3.79. The SMILES string of the molecule is CCCS(=O)(=O)Nc1ccc(F)c(C=O)c1F.CCCS(=O)(=O)Nc1ccc(F)cc1F.Nc1ccc(F)cc1F. The van der Waals surface area contributed by atoms with E-state index in [9.17, 15) is 48.0 Å². The van der Waals surface area contributed by atoms with E-state index >= 15 is 0 Å². The molecule has 16 heteroatoms. The zero-order valence-electron chi connectivity index (χ0n) is 21.7. The third kappa shape index (κ3) is 12.1. The minimum atomic E-state index is -3.67. The van der Waals surface area contributed by atoms with Gasteiger partial charge in [0.1, 0.15) is 29.1 Å². The summed E-state index contributed by atoms with van der Waals surface area (Å²) in [5.41, 5.74) is 3.57. The zero-order chi connectivity index (χ0) is 31.4. The lowest BCUT2D eigenvalue weighted by molar-refractivity contribution is 0.111. The summed E-state index contributed by atoms with van der Waals surface area (Å²) < 4.78 is 126. The van der Waals surface area contributed by atoms with E-state index < -0.39 is 66.2 Å². The van der Waals surface area contributed by atoms with Crippen LogP contribution in [0.4, 0.5) is 43.4 Å². The second-order valence-corrected chi connectivity index (χ2v) is 11.8. The van der Waals surface area contributed by atoms with Crippen LogP contribution in [-0.4, -0.2) is 34.6 Å². The van der Waals surface area contributed by atoms with E-state index in [1.165, 1.54) is 6.07 Å². The number of nitrogen functional groups attached to an aromatic ring is 1. The largest absolute Gasteiger partial charge is 0.396 e. The molecule has 0 aromatic heterocycles. The Morgan fingerprint density at radius 3 is 1.59 bits per heavy atom. The second-order valence-electron chi connectivity index (χ2n) is 8.07. The lowest BCUT2D eigenvalue weighted by atomic mass is 10.2. The van der Waals surface area contributed by atoms with Crippen LogP contribution in [0.1, 0.15) is 37.0 Å². The van der Waals surface area contributed by atoms with Crippen molar-refractivity contribution < 1.29 is 48.0 Å². The summed E-state index contributed by atoms with van der Waals surface area (Å²) in [6, 6.07) is 7.48. The summed E-state index contributed by atoms with van der Waals surface area (Å²) in [6.45, 7) is 3.34. The van der Waals surface area contributed by atoms with Crippen LogP contribution >= 0.6 is 0 Å². The smallest absolute Gasteiger partial charge is 0.232 e. The Morgan fingerprint density at radius 2 is 1.15 bits per heavy atom. The Labute approximate surface area is 233 Å². The van der Waals surface area contributed by atoms with E-state index in [1.807, 2.05) is 9.44 Å². The highest BCUT2D eigenvalue weighted by atomic mass is 32.2. The standard InChI is InChI=1S/C10H11F2NO3S.C9H11F2NO2S.C6H5F2N/c1-2-5-17(15,16)13-9-4-3-8(11)7(6-14)10(9)12;1-2-5-15(13,14)12-9-4-3-7(10)6-8(9)11;7-4-1-2-6(9)5(8)3-4/h3-4,6,13H,2,5H2,1H3;3-4,6,12H,2,5H2,1H3;1-3H,9H2. The molecule has 0 amide bonds. The molecule has 41 heavy (non-hydrogen) atoms. The highest BCUT2D eigenvalue weighted by Crippen LogP contribution is 2.21. The first kappa shape index (κ1) is 35.2. The molecule has 0 atom stereocenters. The van der Waals surface area contributed by atoms with Crippen molar-refractivity contribution in [1.82, 2.24) is 0 Å². The Morgan fingerprint density at radius 1 is 0.683 bits per heavy atom. The Kier molecular flexibility index (Phi) is 13.6. The molecule has 0 heterocycles. The highest BCUT2D eigenvalue weighted by molar-refractivity contribution is 7.92. The molecule has 0 spiro atoms. The number of carbonyl (C=O) groups is 1. The van der Waals surface area contributed by atoms with Gasteiger partial charge in [0.05, 0.1) is 34.1 Å². The van der Waals surface area contributed by atoms with Gasteiger partial charge in [0.25, 0.3) is 0 Å². The summed E-state index contributed by atoms with van der Waals surface area (Å²) in [5, 5.41) is 0. The molecule has 0 aliphatic rings. The first-order chi connectivity index (χ1) is 19.1. The van der Waals surface area contributed by atoms with Gasteiger partial charge in [0.15, 0.2) is 12.1 Å². The van der Waals surface area contributed by atoms with Gasteiger partial charge < -0.3 is 5.73 Å². The quantitative estimate of drug-likeness (QED) is 0.161. The molecule has 3 aromatic rings. The molecule has 0 aliphatic carbocycles. The van der Waals surface area contributed by atoms with Crippen molar-refractivity contribution >= 4 is 43.4 Å². The lowest BCUT2D eigenvalue weighted by Gasteiger charge is -2.09. The summed E-state index contributed by atoms with van der Waals surface area (Å²) >= 11 is 0. The molecule has 3 rings (SSSR count). The maximum atomic E-state index is 13.5. The molecule has 226 valence electrons. The average molecular weight is 628 g/mol. The third-order valence-electron chi connectivity index (χ3n) is 4.61. The fraction of sp³-hybridized carbons (Fsp3) is 0.240. The minimum absolute atomic E-state index is 0.00227. The molecule has 0 radical (unpaired) electrons. The van der Waals surface area contributed by atoms with Crippen molar-refractivity contribution in [3.05, 3.63) is 89.0 Å². The number of carbonyl (C=O) groups excluding carboxylic acids is 1. The molecule has 3 aromatic carbocycles. The van der Waals surface area contributed by atoms with Gasteiger partial charge in [-0.05, 0) is 49.2 Å². The number of halogens is 6. The van der Waals surface area contributed by atoms with Gasteiger partial charge in [-0.2, -0.15) is 0 Å². The molecular formula is C25H27F6N3O5S2. The van der Waals surface area contributed by atoms with Crippen LogP contribution < -0.4 is 15.2 Å². The van der Waals surface area contributed by atoms with E-state index in [2.05, 4.69) is 0 Å². The predicted molar refractivity (Wildman–Crippen MR) is 144 cm³/mol. The maximum absolute atomic E-state index is 13.5. The molecular weight excluding hydrogens is 600 g/mol. The molecule has 4 N–H and O–H groups in total. The fourth-order valence-corrected chi connectivity index (χ4v) is 5.08. The number of benzene rings is 3. The summed E-state index contributed by atoms with van der Waals surface area (Å²) in [5.74, 6) is -5.50. The predicted octanol–water partition coefficient (Wildman–Crippen LogP) is 5.59. The van der Waals surface area contributed by atoms with Crippen molar-refractivity contribution in [3.8, 4) is 0 Å². The van der Waals surface area contributed by atoms with Gasteiger partial charge in [0, 0.05) is 12.1 Å². The van der Waals surface area contributed by atoms with Crippen molar-refractivity contribution in [1.29, 1.82) is 0 Å². The van der Waals surface area contributed by atoms with Crippen LogP contribution in [0.2, 0.25) is 0 Å². The number of rotatable bonds is 9. The topological polar surface area (TPSA) is 135 Å². The Balaban J connectivity index is 0.000000321. The van der Waals surface area contributed by atoms with Crippen LogP contribution in [0.25, 0.3) is 0 Å². The number of sulfonamides is 2. The van der Waals surface area contributed by atoms with Gasteiger partial charge in [0.2, 0.25) is 20.0 Å². The number of hydrogen-bond acceptors (Lipinski definition) is 6. The second kappa shape index (κ2) is 15.9. The Bertz CT molecular complexity index is 1560. The van der Waals surface area contributed by atoms with Crippen LogP contribution in [0, 0.1) is 34.9 Å². The molecule has 0 saturated heterocycles. The molecule has 0 aliphatic heterocycles. The van der Waals surface area contributed by atoms with Crippen molar-refractivity contribution in [3.63, 3.8) is 0 Å². The van der Waals surface area contributed by atoms with Gasteiger partial charge >= 0.3 is 0 Å². The molecule has 8 nitrogen and oxygen atoms in total. The van der Waals surface area contributed by atoms with E-state index in [-0.39, 0.29) is 29.2 Å². The van der Waals surface area contributed by atoms with Crippen molar-refractivity contribution in [2.24, 2.45) is 0 Å². The van der Waals surface area contributed by atoms with Gasteiger partial charge in [-0.3, -0.25) is 14.2 Å². The van der Waals surface area contributed by atoms with Crippen LogP contribution in [0.15, 0.2) is 48.5 Å².